The van der Waals surface area contributed by atoms with Gasteiger partial charge < -0.3 is 10.4 Å². The zero-order valence-corrected chi connectivity index (χ0v) is 10.4. The van der Waals surface area contributed by atoms with E-state index in [1.165, 1.54) is 11.3 Å². The molecule has 0 bridgehead atoms. The molecule has 1 aromatic heterocycles. The van der Waals surface area contributed by atoms with E-state index in [1.54, 1.807) is 12.1 Å². The Morgan fingerprint density at radius 3 is 2.61 bits per heavy atom. The highest BCUT2D eigenvalue weighted by molar-refractivity contribution is 7.12. The molecule has 0 aromatic carbocycles. The summed E-state index contributed by atoms with van der Waals surface area (Å²) >= 11 is 1.36. The van der Waals surface area contributed by atoms with Crippen molar-refractivity contribution < 1.29 is 23.1 Å². The number of hydrogen-bond acceptors (Lipinski definition) is 3. The number of thiophene rings is 1. The first-order valence-electron chi connectivity index (χ1n) is 5.43. The van der Waals surface area contributed by atoms with Crippen LogP contribution in [0.25, 0.3) is 0 Å². The third-order valence-corrected chi connectivity index (χ3v) is 3.24. The number of carbonyl (C=O) groups is 1. The molecule has 2 N–H and O–H groups in total. The molecular weight excluding hydrogens is 267 g/mol. The summed E-state index contributed by atoms with van der Waals surface area (Å²) in [5.74, 6) is -0.887. The molecule has 1 rings (SSSR count). The lowest BCUT2D eigenvalue weighted by molar-refractivity contribution is -0.136. The molecule has 0 radical (unpaired) electrons. The predicted molar refractivity (Wildman–Crippen MR) is 62.7 cm³/mol. The Bertz CT molecular complexity index is 390. The van der Waals surface area contributed by atoms with E-state index in [4.69, 9.17) is 5.11 Å². The maximum absolute atomic E-state index is 11.8. The summed E-state index contributed by atoms with van der Waals surface area (Å²) in [7, 11) is 0. The van der Waals surface area contributed by atoms with Crippen LogP contribution in [0, 0.1) is 0 Å². The fraction of sp³-hybridized carbons (Fsp3) is 0.545. The maximum Gasteiger partial charge on any atom is 0.389 e. The Hall–Kier alpha value is -1.08. The molecule has 0 saturated carbocycles. The summed E-state index contributed by atoms with van der Waals surface area (Å²) in [4.78, 5) is 12.1. The highest BCUT2D eigenvalue weighted by Gasteiger charge is 2.25. The first-order valence-corrected chi connectivity index (χ1v) is 6.25. The van der Waals surface area contributed by atoms with Crippen LogP contribution >= 0.6 is 11.3 Å². The fourth-order valence-electron chi connectivity index (χ4n) is 1.39. The van der Waals surface area contributed by atoms with Crippen LogP contribution < -0.4 is 5.32 Å². The van der Waals surface area contributed by atoms with E-state index in [0.29, 0.717) is 13.1 Å². The Balaban J connectivity index is 2.19. The SMILES string of the molecule is O=C(O)Cc1ccc(CNCCCC(F)(F)F)s1. The molecule has 0 amide bonds. The Labute approximate surface area is 107 Å². The van der Waals surface area contributed by atoms with Crippen LogP contribution in [0.2, 0.25) is 0 Å². The lowest BCUT2D eigenvalue weighted by Gasteiger charge is -2.06. The minimum atomic E-state index is -4.10. The smallest absolute Gasteiger partial charge is 0.389 e. The predicted octanol–water partition coefficient (Wildman–Crippen LogP) is 2.81. The van der Waals surface area contributed by atoms with Gasteiger partial charge in [-0.1, -0.05) is 0 Å². The lowest BCUT2D eigenvalue weighted by Crippen LogP contribution is -2.17. The van der Waals surface area contributed by atoms with Crippen LogP contribution in [0.15, 0.2) is 12.1 Å². The van der Waals surface area contributed by atoms with Gasteiger partial charge in [0, 0.05) is 22.7 Å². The van der Waals surface area contributed by atoms with Crippen LogP contribution in [0.5, 0.6) is 0 Å². The number of rotatable bonds is 7. The Morgan fingerprint density at radius 1 is 1.33 bits per heavy atom. The van der Waals surface area contributed by atoms with Gasteiger partial charge in [-0.15, -0.1) is 11.3 Å². The van der Waals surface area contributed by atoms with Gasteiger partial charge in [-0.3, -0.25) is 4.79 Å². The summed E-state index contributed by atoms with van der Waals surface area (Å²) < 4.78 is 35.5. The van der Waals surface area contributed by atoms with Gasteiger partial charge in [0.15, 0.2) is 0 Å². The molecule has 1 heterocycles. The van der Waals surface area contributed by atoms with E-state index in [2.05, 4.69) is 5.32 Å². The average Bonchev–Trinajstić information content (AvgIpc) is 2.62. The molecular formula is C11H14F3NO2S. The van der Waals surface area contributed by atoms with E-state index >= 15 is 0 Å². The van der Waals surface area contributed by atoms with Crippen molar-refractivity contribution in [1.82, 2.24) is 5.32 Å². The first kappa shape index (κ1) is 15.0. The number of halogens is 3. The number of aliphatic carboxylic acids is 1. The van der Waals surface area contributed by atoms with Gasteiger partial charge in [-0.2, -0.15) is 13.2 Å². The van der Waals surface area contributed by atoms with Crippen molar-refractivity contribution in [3.63, 3.8) is 0 Å². The van der Waals surface area contributed by atoms with Crippen LogP contribution in [-0.4, -0.2) is 23.8 Å². The van der Waals surface area contributed by atoms with E-state index in [0.717, 1.165) is 9.75 Å². The monoisotopic (exact) mass is 281 g/mol. The van der Waals surface area contributed by atoms with Gasteiger partial charge in [-0.05, 0) is 25.1 Å². The molecule has 0 aliphatic rings. The standard InChI is InChI=1S/C11H14F3NO2S/c12-11(13,14)4-1-5-15-7-9-3-2-8(18-9)6-10(16)17/h2-3,15H,1,4-7H2,(H,16,17). The van der Waals surface area contributed by atoms with Crippen molar-refractivity contribution in [3.05, 3.63) is 21.9 Å². The van der Waals surface area contributed by atoms with Gasteiger partial charge in [0.1, 0.15) is 0 Å². The van der Waals surface area contributed by atoms with Crippen molar-refractivity contribution in [2.45, 2.75) is 32.0 Å². The molecule has 0 spiro atoms. The minimum Gasteiger partial charge on any atom is -0.481 e. The highest BCUT2D eigenvalue weighted by Crippen LogP contribution is 2.21. The van der Waals surface area contributed by atoms with Gasteiger partial charge in [0.2, 0.25) is 0 Å². The quantitative estimate of drug-likeness (QED) is 0.756. The van der Waals surface area contributed by atoms with Gasteiger partial charge in [0.05, 0.1) is 6.42 Å². The molecule has 0 unspecified atom stereocenters. The van der Waals surface area contributed by atoms with Crippen molar-refractivity contribution in [3.8, 4) is 0 Å². The molecule has 0 aliphatic heterocycles. The molecule has 7 heteroatoms. The third kappa shape index (κ3) is 6.61. The third-order valence-electron chi connectivity index (χ3n) is 2.16. The zero-order chi connectivity index (χ0) is 13.6. The van der Waals surface area contributed by atoms with Crippen LogP contribution in [-0.2, 0) is 17.8 Å². The van der Waals surface area contributed by atoms with Crippen molar-refractivity contribution in [2.24, 2.45) is 0 Å². The number of nitrogens with one attached hydrogen (secondary N) is 1. The molecule has 0 aliphatic carbocycles. The van der Waals surface area contributed by atoms with Crippen molar-refractivity contribution in [2.75, 3.05) is 6.54 Å². The highest BCUT2D eigenvalue weighted by atomic mass is 32.1. The van der Waals surface area contributed by atoms with Crippen molar-refractivity contribution >= 4 is 17.3 Å². The lowest BCUT2D eigenvalue weighted by atomic mass is 10.3. The molecule has 0 atom stereocenters. The number of carboxylic acids is 1. The minimum absolute atomic E-state index is 0.0151. The molecule has 3 nitrogen and oxygen atoms in total. The van der Waals surface area contributed by atoms with E-state index in [-0.39, 0.29) is 12.8 Å². The molecule has 18 heavy (non-hydrogen) atoms. The number of hydrogen-bond donors (Lipinski definition) is 2. The number of carboxylic acid groups (broad SMARTS) is 1. The Kier molecular flexibility index (Phi) is 5.61. The number of alkyl halides is 3. The first-order chi connectivity index (χ1) is 8.37. The van der Waals surface area contributed by atoms with Crippen LogP contribution in [0.1, 0.15) is 22.6 Å². The summed E-state index contributed by atoms with van der Waals surface area (Å²) in [6, 6.07) is 3.52. The maximum atomic E-state index is 11.8. The summed E-state index contributed by atoms with van der Waals surface area (Å²) in [6.07, 6.45) is -4.84. The molecule has 102 valence electrons. The molecule has 0 fully saturated rings. The van der Waals surface area contributed by atoms with E-state index in [9.17, 15) is 18.0 Å². The second kappa shape index (κ2) is 6.75. The van der Waals surface area contributed by atoms with Crippen LogP contribution in [0.4, 0.5) is 13.2 Å². The van der Waals surface area contributed by atoms with Gasteiger partial charge in [0.25, 0.3) is 0 Å². The summed E-state index contributed by atoms with van der Waals surface area (Å²) in [5.41, 5.74) is 0. The van der Waals surface area contributed by atoms with Gasteiger partial charge >= 0.3 is 12.1 Å². The molecule has 0 saturated heterocycles. The van der Waals surface area contributed by atoms with Crippen molar-refractivity contribution in [1.29, 1.82) is 0 Å². The second-order valence-electron chi connectivity index (χ2n) is 3.83. The topological polar surface area (TPSA) is 49.3 Å². The van der Waals surface area contributed by atoms with E-state index in [1.807, 2.05) is 0 Å². The Morgan fingerprint density at radius 2 is 2.00 bits per heavy atom. The normalized spacial score (nSPS) is 11.7. The summed E-state index contributed by atoms with van der Waals surface area (Å²) in [5, 5.41) is 11.5. The average molecular weight is 281 g/mol. The fourth-order valence-corrected chi connectivity index (χ4v) is 2.37. The van der Waals surface area contributed by atoms with E-state index < -0.39 is 18.6 Å². The van der Waals surface area contributed by atoms with Crippen LogP contribution in [0.3, 0.4) is 0 Å². The summed E-state index contributed by atoms with van der Waals surface area (Å²) in [6.45, 7) is 0.772. The zero-order valence-electron chi connectivity index (χ0n) is 9.59. The van der Waals surface area contributed by atoms with Gasteiger partial charge in [-0.25, -0.2) is 0 Å². The molecule has 1 aromatic rings. The second-order valence-corrected chi connectivity index (χ2v) is 5.09. The largest absolute Gasteiger partial charge is 0.481 e.